The lowest BCUT2D eigenvalue weighted by atomic mass is 10.0. The normalized spacial score (nSPS) is 14.5. The molecule has 1 aromatic carbocycles. The van der Waals surface area contributed by atoms with Crippen LogP contribution in [0.25, 0.3) is 23.1 Å². The second kappa shape index (κ2) is 7.15. The molecule has 0 spiro atoms. The zero-order valence-corrected chi connectivity index (χ0v) is 16.5. The molecule has 0 saturated carbocycles. The van der Waals surface area contributed by atoms with Crippen molar-refractivity contribution >= 4 is 35.0 Å². The molecule has 1 amide bonds. The second-order valence-electron chi connectivity index (χ2n) is 8.07. The summed E-state index contributed by atoms with van der Waals surface area (Å²) >= 11 is 0. The Morgan fingerprint density at radius 3 is 2.86 bits per heavy atom. The third-order valence-electron chi connectivity index (χ3n) is 4.74. The monoisotopic (exact) mass is 375 g/mol. The zero-order valence-electron chi connectivity index (χ0n) is 16.5. The van der Waals surface area contributed by atoms with Crippen molar-refractivity contribution in [2.24, 2.45) is 0 Å². The van der Waals surface area contributed by atoms with E-state index in [9.17, 15) is 4.79 Å². The van der Waals surface area contributed by atoms with Gasteiger partial charge in [0.2, 0.25) is 0 Å². The minimum absolute atomic E-state index is 0.334. The van der Waals surface area contributed by atoms with Crippen LogP contribution < -0.4 is 4.90 Å². The van der Waals surface area contributed by atoms with Gasteiger partial charge in [-0.1, -0.05) is 24.3 Å². The molecule has 1 N–H and O–H groups in total. The van der Waals surface area contributed by atoms with Crippen LogP contribution in [0.15, 0.2) is 42.6 Å². The number of rotatable bonds is 2. The number of aromatic amines is 1. The average molecular weight is 375 g/mol. The van der Waals surface area contributed by atoms with Crippen molar-refractivity contribution in [3.05, 3.63) is 59.4 Å². The van der Waals surface area contributed by atoms with Crippen molar-refractivity contribution in [2.45, 2.75) is 39.2 Å². The Morgan fingerprint density at radius 1 is 1.18 bits per heavy atom. The van der Waals surface area contributed by atoms with E-state index in [0.29, 0.717) is 12.4 Å². The van der Waals surface area contributed by atoms with Gasteiger partial charge >= 0.3 is 6.09 Å². The molecule has 1 aliphatic rings. The van der Waals surface area contributed by atoms with Crippen LogP contribution in [0, 0.1) is 0 Å². The topological polar surface area (TPSA) is 58.2 Å². The van der Waals surface area contributed by atoms with E-state index in [-0.39, 0.29) is 6.09 Å². The number of carbonyl (C=O) groups is 1. The Labute approximate surface area is 165 Å². The van der Waals surface area contributed by atoms with Gasteiger partial charge in [-0.25, -0.2) is 9.78 Å². The Bertz CT molecular complexity index is 1040. The highest BCUT2D eigenvalue weighted by Crippen LogP contribution is 2.28. The smallest absolute Gasteiger partial charge is 0.416 e. The zero-order chi connectivity index (χ0) is 19.7. The van der Waals surface area contributed by atoms with E-state index in [4.69, 9.17) is 9.72 Å². The molecule has 2 aromatic heterocycles. The number of hydrogen-bond acceptors (Lipinski definition) is 3. The molecule has 3 aromatic rings. The van der Waals surface area contributed by atoms with Gasteiger partial charge in [0.05, 0.1) is 5.69 Å². The fourth-order valence-electron chi connectivity index (χ4n) is 3.47. The highest BCUT2D eigenvalue weighted by atomic mass is 16.6. The summed E-state index contributed by atoms with van der Waals surface area (Å²) < 4.78 is 5.57. The Morgan fingerprint density at radius 2 is 2.04 bits per heavy atom. The first kappa shape index (κ1) is 18.3. The summed E-state index contributed by atoms with van der Waals surface area (Å²) in [5, 5.41) is 1.17. The summed E-state index contributed by atoms with van der Waals surface area (Å²) in [6.45, 7) is 6.27. The lowest BCUT2D eigenvalue weighted by molar-refractivity contribution is 0.0576. The number of nitrogens with one attached hydrogen (secondary N) is 1. The molecule has 4 rings (SSSR count). The van der Waals surface area contributed by atoms with Crippen LogP contribution in [0.1, 0.15) is 44.0 Å². The molecule has 0 fully saturated rings. The molecule has 28 heavy (non-hydrogen) atoms. The first-order chi connectivity index (χ1) is 13.4. The third kappa shape index (κ3) is 3.79. The lowest BCUT2D eigenvalue weighted by Crippen LogP contribution is -2.40. The Kier molecular flexibility index (Phi) is 4.67. The number of fused-ring (bicyclic) bond motifs is 2. The number of amides is 1. The van der Waals surface area contributed by atoms with Crippen LogP contribution in [-0.4, -0.2) is 28.2 Å². The SMILES string of the molecule is CC(C)(C)OC(=O)N1CCCc2ccc(/C=C/c3cccc4[nH]ccc34)nc21. The summed E-state index contributed by atoms with van der Waals surface area (Å²) in [6, 6.07) is 12.3. The van der Waals surface area contributed by atoms with E-state index >= 15 is 0 Å². The molecule has 3 heterocycles. The quantitative estimate of drug-likeness (QED) is 0.650. The number of ether oxygens (including phenoxy) is 1. The Hall–Kier alpha value is -3.08. The number of nitrogens with zero attached hydrogens (tertiary/aromatic N) is 2. The largest absolute Gasteiger partial charge is 0.443 e. The van der Waals surface area contributed by atoms with Gasteiger partial charge in [-0.05, 0) is 69.0 Å². The van der Waals surface area contributed by atoms with Crippen LogP contribution in [0.5, 0.6) is 0 Å². The number of benzene rings is 1. The van der Waals surface area contributed by atoms with Gasteiger partial charge in [0.15, 0.2) is 0 Å². The number of aryl methyl sites for hydroxylation is 1. The van der Waals surface area contributed by atoms with E-state index < -0.39 is 5.60 Å². The predicted octanol–water partition coefficient (Wildman–Crippen LogP) is 5.42. The van der Waals surface area contributed by atoms with Gasteiger partial charge in [0.25, 0.3) is 0 Å². The molecule has 144 valence electrons. The summed E-state index contributed by atoms with van der Waals surface area (Å²) in [5.74, 6) is 0.711. The standard InChI is InChI=1S/C23H25N3O2/c1-23(2,3)28-22(27)26-15-5-7-17-10-12-18(25-21(17)26)11-9-16-6-4-8-20-19(16)13-14-24-20/h4,6,8-14,24H,5,7,15H2,1-3H3/b11-9+. The number of hydrogen-bond donors (Lipinski definition) is 1. The molecule has 0 saturated heterocycles. The molecule has 5 heteroatoms. The van der Waals surface area contributed by atoms with Gasteiger partial charge < -0.3 is 9.72 Å². The van der Waals surface area contributed by atoms with Crippen molar-refractivity contribution in [1.82, 2.24) is 9.97 Å². The number of H-pyrrole nitrogens is 1. The van der Waals surface area contributed by atoms with Crippen LogP contribution in [0.3, 0.4) is 0 Å². The van der Waals surface area contributed by atoms with Gasteiger partial charge in [-0.3, -0.25) is 4.90 Å². The highest BCUT2D eigenvalue weighted by Gasteiger charge is 2.28. The first-order valence-electron chi connectivity index (χ1n) is 9.65. The van der Waals surface area contributed by atoms with E-state index in [1.807, 2.05) is 45.2 Å². The minimum atomic E-state index is -0.526. The molecule has 5 nitrogen and oxygen atoms in total. The summed E-state index contributed by atoms with van der Waals surface area (Å²) in [7, 11) is 0. The van der Waals surface area contributed by atoms with Gasteiger partial charge in [0, 0.05) is 23.6 Å². The van der Waals surface area contributed by atoms with Crippen molar-refractivity contribution < 1.29 is 9.53 Å². The third-order valence-corrected chi connectivity index (χ3v) is 4.74. The number of anilines is 1. The molecule has 0 radical (unpaired) electrons. The molecular weight excluding hydrogens is 350 g/mol. The minimum Gasteiger partial charge on any atom is -0.443 e. The lowest BCUT2D eigenvalue weighted by Gasteiger charge is -2.30. The van der Waals surface area contributed by atoms with Crippen LogP contribution in [0.4, 0.5) is 10.6 Å². The van der Waals surface area contributed by atoms with Crippen LogP contribution in [0.2, 0.25) is 0 Å². The maximum absolute atomic E-state index is 12.6. The van der Waals surface area contributed by atoms with E-state index in [2.05, 4.69) is 35.3 Å². The number of aromatic nitrogens is 2. The summed E-state index contributed by atoms with van der Waals surface area (Å²) in [6.07, 6.45) is 7.50. The van der Waals surface area contributed by atoms with Gasteiger partial charge in [-0.2, -0.15) is 0 Å². The first-order valence-corrected chi connectivity index (χ1v) is 9.65. The second-order valence-corrected chi connectivity index (χ2v) is 8.07. The fraction of sp³-hybridized carbons (Fsp3) is 0.304. The number of carbonyl (C=O) groups excluding carboxylic acids is 1. The van der Waals surface area contributed by atoms with Crippen molar-refractivity contribution in [3.63, 3.8) is 0 Å². The van der Waals surface area contributed by atoms with E-state index in [0.717, 1.165) is 35.2 Å². The average Bonchev–Trinajstić information content (AvgIpc) is 3.13. The fourth-order valence-corrected chi connectivity index (χ4v) is 3.47. The van der Waals surface area contributed by atoms with E-state index in [1.165, 1.54) is 5.39 Å². The maximum atomic E-state index is 12.6. The molecule has 0 unspecified atom stereocenters. The molecule has 1 aliphatic heterocycles. The molecule has 0 aliphatic carbocycles. The van der Waals surface area contributed by atoms with Crippen molar-refractivity contribution in [1.29, 1.82) is 0 Å². The molecule has 0 atom stereocenters. The van der Waals surface area contributed by atoms with Crippen molar-refractivity contribution in [2.75, 3.05) is 11.4 Å². The van der Waals surface area contributed by atoms with Crippen molar-refractivity contribution in [3.8, 4) is 0 Å². The van der Waals surface area contributed by atoms with Gasteiger partial charge in [-0.15, -0.1) is 0 Å². The van der Waals surface area contributed by atoms with Crippen LogP contribution in [-0.2, 0) is 11.2 Å². The summed E-state index contributed by atoms with van der Waals surface area (Å²) in [5.41, 5.74) is 3.62. The molecular formula is C23H25N3O2. The van der Waals surface area contributed by atoms with E-state index in [1.54, 1.807) is 4.90 Å². The Balaban J connectivity index is 1.63. The maximum Gasteiger partial charge on any atom is 0.416 e. The summed E-state index contributed by atoms with van der Waals surface area (Å²) in [4.78, 5) is 22.3. The number of pyridine rings is 1. The van der Waals surface area contributed by atoms with Gasteiger partial charge in [0.1, 0.15) is 11.4 Å². The molecule has 0 bridgehead atoms. The van der Waals surface area contributed by atoms with Crippen LogP contribution >= 0.6 is 0 Å². The highest BCUT2D eigenvalue weighted by molar-refractivity contribution is 5.91. The predicted molar refractivity (Wildman–Crippen MR) is 113 cm³/mol.